The molecule has 170 valence electrons. The lowest BCUT2D eigenvalue weighted by Crippen LogP contribution is -2.40. The van der Waals surface area contributed by atoms with Gasteiger partial charge >= 0.3 is 11.2 Å². The maximum absolute atomic E-state index is 13.6. The molecule has 2 heterocycles. The van der Waals surface area contributed by atoms with Crippen molar-refractivity contribution in [2.24, 2.45) is 0 Å². The minimum atomic E-state index is -0.648. The number of fused-ring (bicyclic) bond motifs is 3. The highest BCUT2D eigenvalue weighted by Gasteiger charge is 2.22. The number of benzene rings is 3. The van der Waals surface area contributed by atoms with E-state index in [1.165, 1.54) is 4.57 Å². The quantitative estimate of drug-likeness (QED) is 0.399. The van der Waals surface area contributed by atoms with Crippen LogP contribution in [0, 0.1) is 0 Å². The lowest BCUT2D eigenvalue weighted by Gasteiger charge is -2.13. The number of carbonyl (C=O) groups is 1. The van der Waals surface area contributed by atoms with Gasteiger partial charge in [-0.2, -0.15) is 0 Å². The van der Waals surface area contributed by atoms with Crippen LogP contribution in [0.2, 0.25) is 5.02 Å². The number of halogens is 1. The van der Waals surface area contributed by atoms with Gasteiger partial charge in [0.2, 0.25) is 11.5 Å². The molecule has 34 heavy (non-hydrogen) atoms. The SMILES string of the molecule is CCc1ccccc1NC(=O)Cn1c(=O)n(-c2ccc(Cl)cc2)c(=O)c2oc3ccccc3c21. The van der Waals surface area contributed by atoms with Crippen LogP contribution in [-0.2, 0) is 17.8 Å². The zero-order valence-electron chi connectivity index (χ0n) is 18.2. The third-order valence-corrected chi connectivity index (χ3v) is 5.97. The third kappa shape index (κ3) is 3.70. The normalized spacial score (nSPS) is 11.2. The van der Waals surface area contributed by atoms with E-state index in [9.17, 15) is 14.4 Å². The fourth-order valence-corrected chi connectivity index (χ4v) is 4.22. The van der Waals surface area contributed by atoms with Gasteiger partial charge in [0.05, 0.1) is 5.69 Å². The Morgan fingerprint density at radius 2 is 1.68 bits per heavy atom. The van der Waals surface area contributed by atoms with Crippen LogP contribution in [-0.4, -0.2) is 15.0 Å². The average molecular weight is 474 g/mol. The summed E-state index contributed by atoms with van der Waals surface area (Å²) in [6, 6.07) is 20.8. The molecule has 5 rings (SSSR count). The number of aromatic nitrogens is 2. The number of nitrogens with zero attached hydrogens (tertiary/aromatic N) is 2. The Morgan fingerprint density at radius 1 is 0.971 bits per heavy atom. The summed E-state index contributed by atoms with van der Waals surface area (Å²) in [4.78, 5) is 40.0. The predicted molar refractivity (Wildman–Crippen MR) is 133 cm³/mol. The topological polar surface area (TPSA) is 86.2 Å². The van der Waals surface area contributed by atoms with Crippen LogP contribution in [0.15, 0.2) is 86.8 Å². The number of amides is 1. The molecule has 0 aliphatic heterocycles. The minimum absolute atomic E-state index is 0.00231. The Balaban J connectivity index is 1.71. The van der Waals surface area contributed by atoms with E-state index in [2.05, 4.69) is 5.32 Å². The van der Waals surface area contributed by atoms with Gasteiger partial charge in [-0.3, -0.25) is 14.2 Å². The monoisotopic (exact) mass is 473 g/mol. The zero-order chi connectivity index (χ0) is 23.8. The number of furan rings is 1. The molecule has 0 bridgehead atoms. The van der Waals surface area contributed by atoms with Crippen LogP contribution in [0.3, 0.4) is 0 Å². The largest absolute Gasteiger partial charge is 0.449 e. The molecule has 5 aromatic rings. The minimum Gasteiger partial charge on any atom is -0.449 e. The van der Waals surface area contributed by atoms with Crippen molar-refractivity contribution in [1.29, 1.82) is 0 Å². The summed E-state index contributed by atoms with van der Waals surface area (Å²) >= 11 is 5.99. The maximum Gasteiger partial charge on any atom is 0.336 e. The number of carbonyl (C=O) groups excluding carboxylic acids is 1. The van der Waals surface area contributed by atoms with Crippen molar-refractivity contribution in [3.05, 3.63) is 104 Å². The van der Waals surface area contributed by atoms with Gasteiger partial charge in [0.15, 0.2) is 0 Å². The summed E-state index contributed by atoms with van der Waals surface area (Å²) in [5.74, 6) is -0.393. The van der Waals surface area contributed by atoms with Gasteiger partial charge in [-0.1, -0.05) is 48.9 Å². The first-order chi connectivity index (χ1) is 16.5. The molecule has 0 aliphatic carbocycles. The van der Waals surface area contributed by atoms with E-state index in [0.29, 0.717) is 27.4 Å². The van der Waals surface area contributed by atoms with Crippen LogP contribution in [0.1, 0.15) is 12.5 Å². The van der Waals surface area contributed by atoms with Gasteiger partial charge < -0.3 is 9.73 Å². The van der Waals surface area contributed by atoms with Crippen LogP contribution in [0.5, 0.6) is 0 Å². The standard InChI is InChI=1S/C26H20ClN3O4/c1-2-16-7-3-5-9-20(16)28-22(31)15-29-23-19-8-4-6-10-21(19)34-24(23)25(32)30(26(29)33)18-13-11-17(27)12-14-18/h3-14H,2,15H2,1H3,(H,28,31). The van der Waals surface area contributed by atoms with Crippen LogP contribution < -0.4 is 16.6 Å². The van der Waals surface area contributed by atoms with Gasteiger partial charge in [0, 0.05) is 16.1 Å². The second-order valence-electron chi connectivity index (χ2n) is 7.82. The summed E-state index contributed by atoms with van der Waals surface area (Å²) in [7, 11) is 0. The fourth-order valence-electron chi connectivity index (χ4n) is 4.10. The molecule has 0 fully saturated rings. The highest BCUT2D eigenvalue weighted by molar-refractivity contribution is 6.30. The summed E-state index contributed by atoms with van der Waals surface area (Å²) in [6.45, 7) is 1.70. The highest BCUT2D eigenvalue weighted by Crippen LogP contribution is 2.26. The lowest BCUT2D eigenvalue weighted by molar-refractivity contribution is -0.116. The van der Waals surface area contributed by atoms with Crippen molar-refractivity contribution in [3.8, 4) is 5.69 Å². The molecule has 0 saturated heterocycles. The number of nitrogens with one attached hydrogen (secondary N) is 1. The number of aryl methyl sites for hydroxylation is 1. The lowest BCUT2D eigenvalue weighted by atomic mass is 10.1. The number of hydrogen-bond donors (Lipinski definition) is 1. The van der Waals surface area contributed by atoms with E-state index in [4.69, 9.17) is 16.0 Å². The van der Waals surface area contributed by atoms with Gasteiger partial charge in [-0.15, -0.1) is 0 Å². The zero-order valence-corrected chi connectivity index (χ0v) is 19.0. The molecule has 0 aliphatic rings. The van der Waals surface area contributed by atoms with E-state index >= 15 is 0 Å². The fraction of sp³-hybridized carbons (Fsp3) is 0.115. The van der Waals surface area contributed by atoms with Crippen molar-refractivity contribution in [1.82, 2.24) is 9.13 Å². The first-order valence-corrected chi connectivity index (χ1v) is 11.2. The van der Waals surface area contributed by atoms with E-state index in [-0.39, 0.29) is 17.6 Å². The van der Waals surface area contributed by atoms with Crippen molar-refractivity contribution < 1.29 is 9.21 Å². The highest BCUT2D eigenvalue weighted by atomic mass is 35.5. The van der Waals surface area contributed by atoms with E-state index < -0.39 is 17.2 Å². The Kier molecular flexibility index (Phi) is 5.55. The van der Waals surface area contributed by atoms with Crippen LogP contribution in [0.4, 0.5) is 5.69 Å². The summed E-state index contributed by atoms with van der Waals surface area (Å²) in [5, 5.41) is 3.94. The van der Waals surface area contributed by atoms with Crippen molar-refractivity contribution in [2.75, 3.05) is 5.32 Å². The second kappa shape index (κ2) is 8.68. The Morgan fingerprint density at radius 3 is 2.44 bits per heavy atom. The third-order valence-electron chi connectivity index (χ3n) is 5.72. The van der Waals surface area contributed by atoms with Crippen LogP contribution >= 0.6 is 11.6 Å². The molecule has 8 heteroatoms. The average Bonchev–Trinajstić information content (AvgIpc) is 3.23. The number of para-hydroxylation sites is 2. The molecule has 0 radical (unpaired) electrons. The molecule has 0 unspecified atom stereocenters. The maximum atomic E-state index is 13.6. The van der Waals surface area contributed by atoms with Gasteiger partial charge in [-0.05, 0) is 54.4 Å². The first kappa shape index (κ1) is 21.7. The van der Waals surface area contributed by atoms with Crippen LogP contribution in [0.25, 0.3) is 27.8 Å². The molecule has 0 atom stereocenters. The molecule has 3 aromatic carbocycles. The molecule has 2 aromatic heterocycles. The van der Waals surface area contributed by atoms with Crippen molar-refractivity contribution in [3.63, 3.8) is 0 Å². The molecule has 0 saturated carbocycles. The summed E-state index contributed by atoms with van der Waals surface area (Å²) < 4.78 is 8.12. The predicted octanol–water partition coefficient (Wildman–Crippen LogP) is 4.75. The molecular formula is C26H20ClN3O4. The van der Waals surface area contributed by atoms with Gasteiger partial charge in [-0.25, -0.2) is 9.36 Å². The molecular weight excluding hydrogens is 454 g/mol. The first-order valence-electron chi connectivity index (χ1n) is 10.8. The molecule has 1 amide bonds. The smallest absolute Gasteiger partial charge is 0.336 e. The second-order valence-corrected chi connectivity index (χ2v) is 8.26. The molecule has 7 nitrogen and oxygen atoms in total. The van der Waals surface area contributed by atoms with Gasteiger partial charge in [0.25, 0.3) is 0 Å². The van der Waals surface area contributed by atoms with Gasteiger partial charge in [0.1, 0.15) is 17.6 Å². The number of anilines is 1. The summed E-state index contributed by atoms with van der Waals surface area (Å²) in [5.41, 5.74) is 1.47. The van der Waals surface area contributed by atoms with E-state index in [0.717, 1.165) is 16.6 Å². The Hall–Kier alpha value is -4.10. The number of hydrogen-bond acceptors (Lipinski definition) is 4. The van der Waals surface area contributed by atoms with Crippen molar-refractivity contribution >= 4 is 45.3 Å². The summed E-state index contributed by atoms with van der Waals surface area (Å²) in [6.07, 6.45) is 0.745. The van der Waals surface area contributed by atoms with E-state index in [1.54, 1.807) is 48.5 Å². The Bertz CT molecular complexity index is 1660. The van der Waals surface area contributed by atoms with E-state index in [1.807, 2.05) is 31.2 Å². The molecule has 1 N–H and O–H groups in total. The Labute approximate surface area is 198 Å². The van der Waals surface area contributed by atoms with Crippen molar-refractivity contribution in [2.45, 2.75) is 19.9 Å². The molecule has 0 spiro atoms. The number of rotatable bonds is 5.